The number of carbonyl (C=O) groups excluding carboxylic acids is 1. The van der Waals surface area contributed by atoms with Crippen LogP contribution in [-0.4, -0.2) is 30.3 Å². The Morgan fingerprint density at radius 1 is 1.33 bits per heavy atom. The number of nitrogens with zero attached hydrogens (tertiary/aromatic N) is 1. The predicted molar refractivity (Wildman–Crippen MR) is 50.3 cm³/mol. The van der Waals surface area contributed by atoms with E-state index in [9.17, 15) is 4.79 Å². The molecule has 2 nitrogen and oxygen atoms in total. The highest BCUT2D eigenvalue weighted by atomic mass is 35.5. The fourth-order valence-corrected chi connectivity index (χ4v) is 1.92. The zero-order chi connectivity index (χ0) is 8.97. The minimum atomic E-state index is -0.139. The first-order valence-corrected chi connectivity index (χ1v) is 4.96. The molecule has 0 amide bonds. The Bertz CT molecular complexity index is 151. The highest BCUT2D eigenvalue weighted by molar-refractivity contribution is 6.63. The quantitative estimate of drug-likeness (QED) is 0.587. The van der Waals surface area contributed by atoms with Gasteiger partial charge in [-0.2, -0.15) is 0 Å². The van der Waals surface area contributed by atoms with Crippen LogP contribution in [0.15, 0.2) is 0 Å². The van der Waals surface area contributed by atoms with Crippen LogP contribution in [0.3, 0.4) is 0 Å². The molecule has 1 rings (SSSR count). The fraction of sp³-hybridized carbons (Fsp3) is 0.889. The molecule has 70 valence electrons. The largest absolute Gasteiger partial charge is 0.306 e. The second kappa shape index (κ2) is 4.83. The second-order valence-corrected chi connectivity index (χ2v) is 3.96. The van der Waals surface area contributed by atoms with Gasteiger partial charge in [0, 0.05) is 5.92 Å². The summed E-state index contributed by atoms with van der Waals surface area (Å²) in [4.78, 5) is 13.2. The average Bonchev–Trinajstić information content (AvgIpc) is 1.95. The van der Waals surface area contributed by atoms with E-state index in [-0.39, 0.29) is 11.2 Å². The summed E-state index contributed by atoms with van der Waals surface area (Å²) in [5.41, 5.74) is 0. The van der Waals surface area contributed by atoms with Gasteiger partial charge in [-0.05, 0) is 57.4 Å². The first-order valence-electron chi connectivity index (χ1n) is 4.58. The van der Waals surface area contributed by atoms with E-state index in [1.807, 2.05) is 0 Å². The minimum Gasteiger partial charge on any atom is -0.306 e. The van der Waals surface area contributed by atoms with Gasteiger partial charge in [-0.1, -0.05) is 0 Å². The summed E-state index contributed by atoms with van der Waals surface area (Å²) in [5, 5.41) is -0.139. The van der Waals surface area contributed by atoms with Gasteiger partial charge in [0.15, 0.2) is 0 Å². The lowest BCUT2D eigenvalue weighted by Gasteiger charge is -2.22. The molecule has 12 heavy (non-hydrogen) atoms. The third-order valence-corrected chi connectivity index (χ3v) is 2.81. The van der Waals surface area contributed by atoms with Crippen molar-refractivity contribution in [3.8, 4) is 0 Å². The maximum Gasteiger partial charge on any atom is 0.224 e. The molecule has 0 unspecified atom stereocenters. The predicted octanol–water partition coefficient (Wildman–Crippen LogP) is 1.87. The molecule has 3 heteroatoms. The summed E-state index contributed by atoms with van der Waals surface area (Å²) >= 11 is 5.47. The van der Waals surface area contributed by atoms with Gasteiger partial charge in [0.1, 0.15) is 0 Å². The molecule has 0 aliphatic carbocycles. The molecule has 0 spiro atoms. The van der Waals surface area contributed by atoms with Crippen LogP contribution in [0, 0.1) is 5.92 Å². The lowest BCUT2D eigenvalue weighted by Crippen LogP contribution is -2.25. The van der Waals surface area contributed by atoms with Crippen molar-refractivity contribution in [3.63, 3.8) is 0 Å². The molecular weight excluding hydrogens is 174 g/mol. The van der Waals surface area contributed by atoms with Gasteiger partial charge in [-0.3, -0.25) is 4.79 Å². The van der Waals surface area contributed by atoms with Crippen molar-refractivity contribution in [3.05, 3.63) is 0 Å². The van der Waals surface area contributed by atoms with Crippen molar-refractivity contribution in [2.24, 2.45) is 5.92 Å². The van der Waals surface area contributed by atoms with Crippen LogP contribution in [0.25, 0.3) is 0 Å². The Morgan fingerprint density at radius 3 is 2.25 bits per heavy atom. The molecule has 1 aliphatic heterocycles. The molecule has 1 heterocycles. The van der Waals surface area contributed by atoms with Crippen molar-refractivity contribution >= 4 is 16.8 Å². The molecular formula is C9H16ClNO. The fourth-order valence-electron chi connectivity index (χ4n) is 1.70. The molecule has 0 bridgehead atoms. The van der Waals surface area contributed by atoms with Crippen LogP contribution in [-0.2, 0) is 4.79 Å². The summed E-state index contributed by atoms with van der Waals surface area (Å²) in [6.45, 7) is 2.20. The van der Waals surface area contributed by atoms with Crippen LogP contribution in [0.1, 0.15) is 25.7 Å². The van der Waals surface area contributed by atoms with E-state index in [1.54, 1.807) is 0 Å². The van der Waals surface area contributed by atoms with Gasteiger partial charge >= 0.3 is 0 Å². The maximum atomic E-state index is 10.9. The van der Waals surface area contributed by atoms with Crippen molar-refractivity contribution in [2.45, 2.75) is 25.7 Å². The Morgan fingerprint density at radius 2 is 1.83 bits per heavy atom. The number of carbonyl (C=O) groups is 1. The van der Waals surface area contributed by atoms with E-state index < -0.39 is 0 Å². The van der Waals surface area contributed by atoms with Gasteiger partial charge < -0.3 is 4.90 Å². The summed E-state index contributed by atoms with van der Waals surface area (Å²) in [6, 6.07) is 0. The van der Waals surface area contributed by atoms with Gasteiger partial charge in [0.2, 0.25) is 5.24 Å². The highest BCUT2D eigenvalue weighted by Gasteiger charge is 2.17. The Labute approximate surface area is 78.9 Å². The number of likely N-dealkylation sites (tertiary alicyclic amines) is 1. The number of halogens is 1. The van der Waals surface area contributed by atoms with E-state index in [2.05, 4.69) is 11.9 Å². The topological polar surface area (TPSA) is 20.3 Å². The van der Waals surface area contributed by atoms with Crippen molar-refractivity contribution < 1.29 is 4.79 Å². The zero-order valence-corrected chi connectivity index (χ0v) is 8.31. The summed E-state index contributed by atoms with van der Waals surface area (Å²) in [6.07, 6.45) is 4.12. The maximum absolute atomic E-state index is 10.9. The molecule has 0 saturated carbocycles. The van der Waals surface area contributed by atoms with E-state index >= 15 is 0 Å². The number of rotatable bonds is 1. The molecule has 1 saturated heterocycles. The van der Waals surface area contributed by atoms with Crippen molar-refractivity contribution in [1.29, 1.82) is 0 Å². The van der Waals surface area contributed by atoms with E-state index in [4.69, 9.17) is 11.6 Å². The summed E-state index contributed by atoms with van der Waals surface area (Å²) < 4.78 is 0. The van der Waals surface area contributed by atoms with Crippen LogP contribution in [0.5, 0.6) is 0 Å². The first kappa shape index (κ1) is 10.0. The normalized spacial score (nSPS) is 23.2. The van der Waals surface area contributed by atoms with Gasteiger partial charge in [0.05, 0.1) is 0 Å². The van der Waals surface area contributed by atoms with Crippen LogP contribution in [0.2, 0.25) is 0 Å². The lowest BCUT2D eigenvalue weighted by atomic mass is 9.97. The van der Waals surface area contributed by atoms with Gasteiger partial charge in [-0.25, -0.2) is 0 Å². The number of hydrogen-bond acceptors (Lipinski definition) is 2. The van der Waals surface area contributed by atoms with Gasteiger partial charge in [-0.15, -0.1) is 0 Å². The monoisotopic (exact) mass is 189 g/mol. The van der Waals surface area contributed by atoms with E-state index in [1.165, 1.54) is 0 Å². The van der Waals surface area contributed by atoms with Crippen molar-refractivity contribution in [1.82, 2.24) is 4.90 Å². The van der Waals surface area contributed by atoms with Crippen LogP contribution in [0.4, 0.5) is 0 Å². The number of hydrogen-bond donors (Lipinski definition) is 0. The zero-order valence-electron chi connectivity index (χ0n) is 7.55. The molecule has 0 aromatic heterocycles. The highest BCUT2D eigenvalue weighted by Crippen LogP contribution is 2.19. The van der Waals surface area contributed by atoms with Gasteiger partial charge in [0.25, 0.3) is 0 Å². The molecule has 0 aromatic rings. The third kappa shape index (κ3) is 3.11. The van der Waals surface area contributed by atoms with E-state index in [0.29, 0.717) is 0 Å². The molecule has 0 atom stereocenters. The average molecular weight is 190 g/mol. The molecule has 1 aliphatic rings. The minimum absolute atomic E-state index is 0.125. The lowest BCUT2D eigenvalue weighted by molar-refractivity contribution is -0.115. The van der Waals surface area contributed by atoms with Crippen LogP contribution < -0.4 is 0 Å². The Balaban J connectivity index is 2.35. The molecule has 1 fully saturated rings. The standard InChI is InChI=1S/C9H16ClNO/c1-11-6-2-4-8(9(10)12)5-3-7-11/h8H,2-7H2,1H3. The van der Waals surface area contributed by atoms with Crippen LogP contribution >= 0.6 is 11.6 Å². The van der Waals surface area contributed by atoms with Crippen molar-refractivity contribution in [2.75, 3.05) is 20.1 Å². The first-order chi connectivity index (χ1) is 5.70. The molecule has 0 radical (unpaired) electrons. The van der Waals surface area contributed by atoms with E-state index in [0.717, 1.165) is 38.8 Å². The smallest absolute Gasteiger partial charge is 0.224 e. The second-order valence-electron chi connectivity index (χ2n) is 3.59. The third-order valence-electron chi connectivity index (χ3n) is 2.51. The molecule has 0 aromatic carbocycles. The summed E-state index contributed by atoms with van der Waals surface area (Å²) in [7, 11) is 2.13. The SMILES string of the molecule is CN1CCCC(C(=O)Cl)CCC1. The Hall–Kier alpha value is -0.0800. The summed E-state index contributed by atoms with van der Waals surface area (Å²) in [5.74, 6) is 0.125. The Kier molecular flexibility index (Phi) is 4.02. The molecule has 0 N–H and O–H groups in total.